The fourth-order valence-corrected chi connectivity index (χ4v) is 2.59. The van der Waals surface area contributed by atoms with E-state index in [0.717, 1.165) is 32.1 Å². The van der Waals surface area contributed by atoms with Crippen molar-refractivity contribution in [2.75, 3.05) is 6.54 Å². The second kappa shape index (κ2) is 7.59. The van der Waals surface area contributed by atoms with Crippen molar-refractivity contribution in [2.24, 2.45) is 16.9 Å². The molecule has 0 aromatic heterocycles. The molecular formula is C14H27N3O3. The van der Waals surface area contributed by atoms with Crippen LogP contribution in [0.5, 0.6) is 0 Å². The van der Waals surface area contributed by atoms with Crippen molar-refractivity contribution in [3.63, 3.8) is 0 Å². The maximum atomic E-state index is 12.3. The van der Waals surface area contributed by atoms with Gasteiger partial charge in [-0.1, -0.05) is 6.92 Å². The summed E-state index contributed by atoms with van der Waals surface area (Å²) in [4.78, 5) is 23.5. The average molecular weight is 285 g/mol. The average Bonchev–Trinajstić information content (AvgIpc) is 2.41. The van der Waals surface area contributed by atoms with Crippen LogP contribution < -0.4 is 16.8 Å². The molecule has 1 amide bonds. The topological polar surface area (TPSA) is 118 Å². The highest BCUT2D eigenvalue weighted by atomic mass is 16.4. The molecule has 1 rings (SSSR count). The number of nitrogens with two attached hydrogens (primary N) is 2. The highest BCUT2D eigenvalue weighted by Gasteiger charge is 2.38. The predicted molar refractivity (Wildman–Crippen MR) is 77.0 cm³/mol. The molecule has 6 nitrogen and oxygen atoms in total. The van der Waals surface area contributed by atoms with Crippen molar-refractivity contribution in [1.29, 1.82) is 0 Å². The van der Waals surface area contributed by atoms with E-state index in [1.54, 1.807) is 0 Å². The Morgan fingerprint density at radius 3 is 2.45 bits per heavy atom. The lowest BCUT2D eigenvalue weighted by Gasteiger charge is -2.35. The van der Waals surface area contributed by atoms with Crippen molar-refractivity contribution in [3.8, 4) is 0 Å². The molecule has 6 N–H and O–H groups in total. The second-order valence-electron chi connectivity index (χ2n) is 6.05. The predicted octanol–water partition coefficient (Wildman–Crippen LogP) is 0.592. The van der Waals surface area contributed by atoms with Crippen LogP contribution in [0.15, 0.2) is 0 Å². The number of unbranched alkanes of at least 4 members (excludes halogenated alkanes) is 1. The molecule has 0 aliphatic heterocycles. The maximum absolute atomic E-state index is 12.3. The summed E-state index contributed by atoms with van der Waals surface area (Å²) in [6.07, 6.45) is 4.96. The van der Waals surface area contributed by atoms with Crippen LogP contribution in [0.1, 0.15) is 51.9 Å². The van der Waals surface area contributed by atoms with Crippen molar-refractivity contribution >= 4 is 11.9 Å². The summed E-state index contributed by atoms with van der Waals surface area (Å²) in [5.74, 6) is -1.14. The quantitative estimate of drug-likeness (QED) is 0.511. The fourth-order valence-electron chi connectivity index (χ4n) is 2.59. The van der Waals surface area contributed by atoms with E-state index in [0.29, 0.717) is 19.4 Å². The van der Waals surface area contributed by atoms with Crippen LogP contribution in [0.4, 0.5) is 0 Å². The van der Waals surface area contributed by atoms with Crippen LogP contribution >= 0.6 is 0 Å². The zero-order chi connectivity index (χ0) is 15.2. The Labute approximate surface area is 120 Å². The molecular weight excluding hydrogens is 258 g/mol. The van der Waals surface area contributed by atoms with Gasteiger partial charge >= 0.3 is 5.97 Å². The lowest BCUT2D eigenvalue weighted by molar-refractivity contribution is -0.144. The van der Waals surface area contributed by atoms with Crippen molar-refractivity contribution in [3.05, 3.63) is 0 Å². The van der Waals surface area contributed by atoms with Crippen molar-refractivity contribution in [1.82, 2.24) is 5.32 Å². The zero-order valence-electron chi connectivity index (χ0n) is 12.2. The number of hydrogen-bond donors (Lipinski definition) is 4. The molecule has 0 bridgehead atoms. The van der Waals surface area contributed by atoms with E-state index in [1.165, 1.54) is 0 Å². The van der Waals surface area contributed by atoms with E-state index in [1.807, 2.05) is 6.92 Å². The van der Waals surface area contributed by atoms with E-state index in [4.69, 9.17) is 11.5 Å². The second-order valence-corrected chi connectivity index (χ2v) is 6.05. The third-order valence-electron chi connectivity index (χ3n) is 4.23. The van der Waals surface area contributed by atoms with E-state index >= 15 is 0 Å². The first kappa shape index (κ1) is 16.9. The monoisotopic (exact) mass is 285 g/mol. The molecule has 1 aliphatic carbocycles. The highest BCUT2D eigenvalue weighted by molar-refractivity contribution is 5.87. The molecule has 20 heavy (non-hydrogen) atoms. The van der Waals surface area contributed by atoms with Gasteiger partial charge < -0.3 is 21.9 Å². The van der Waals surface area contributed by atoms with Gasteiger partial charge in [0.25, 0.3) is 0 Å². The lowest BCUT2D eigenvalue weighted by atomic mass is 9.73. The van der Waals surface area contributed by atoms with Crippen LogP contribution in [0.3, 0.4) is 0 Å². The fraction of sp³-hybridized carbons (Fsp3) is 0.857. The van der Waals surface area contributed by atoms with Gasteiger partial charge in [0.05, 0.1) is 0 Å². The smallest absolute Gasteiger partial charge is 0.326 e. The summed E-state index contributed by atoms with van der Waals surface area (Å²) >= 11 is 0. The molecule has 0 aromatic rings. The lowest BCUT2D eigenvalue weighted by Crippen LogP contribution is -2.49. The Bertz CT molecular complexity index is 339. The first-order valence-corrected chi connectivity index (χ1v) is 7.38. The van der Waals surface area contributed by atoms with E-state index in [2.05, 4.69) is 5.32 Å². The third-order valence-corrected chi connectivity index (χ3v) is 4.23. The molecule has 0 unspecified atom stereocenters. The van der Waals surface area contributed by atoms with E-state index in [9.17, 15) is 14.7 Å². The minimum absolute atomic E-state index is 0.162. The van der Waals surface area contributed by atoms with Gasteiger partial charge in [-0.2, -0.15) is 0 Å². The number of amides is 1. The van der Waals surface area contributed by atoms with Gasteiger partial charge in [0.2, 0.25) is 5.91 Å². The van der Waals surface area contributed by atoms with Gasteiger partial charge in [0, 0.05) is 11.5 Å². The summed E-state index contributed by atoms with van der Waals surface area (Å²) in [7, 11) is 0. The first-order valence-electron chi connectivity index (χ1n) is 7.38. The number of carboxylic acid groups (broad SMARTS) is 1. The zero-order valence-corrected chi connectivity index (χ0v) is 12.2. The normalized spacial score (nSPS) is 27.9. The molecule has 0 saturated heterocycles. The molecule has 0 heterocycles. The number of carbonyl (C=O) groups excluding carboxylic acids is 1. The van der Waals surface area contributed by atoms with Gasteiger partial charge in [0.1, 0.15) is 6.04 Å². The standard InChI is InChI=1S/C14H27N3O3/c1-14(7-5-10(16)6-8-14)13(20)17-11(12(18)19)4-2-3-9-15/h10-11H,2-9,15-16H2,1H3,(H,17,20)(H,18,19)/t10-,11-,14-/m0/s1. The van der Waals surface area contributed by atoms with Crippen LogP contribution in [-0.4, -0.2) is 35.6 Å². The molecule has 0 aromatic carbocycles. The highest BCUT2D eigenvalue weighted by Crippen LogP contribution is 2.35. The molecule has 1 aliphatic rings. The number of rotatable bonds is 7. The van der Waals surface area contributed by atoms with Crippen molar-refractivity contribution in [2.45, 2.75) is 64.0 Å². The largest absolute Gasteiger partial charge is 0.480 e. The Morgan fingerprint density at radius 1 is 1.35 bits per heavy atom. The molecule has 1 atom stereocenters. The molecule has 1 saturated carbocycles. The number of carboxylic acids is 1. The van der Waals surface area contributed by atoms with E-state index < -0.39 is 17.4 Å². The SMILES string of the molecule is C[C@]1(C(=O)N[C@@H](CCCCN)C(=O)O)CC[C@H](N)CC1. The van der Waals surface area contributed by atoms with Crippen LogP contribution in [0.2, 0.25) is 0 Å². The van der Waals surface area contributed by atoms with Crippen molar-refractivity contribution < 1.29 is 14.7 Å². The number of hydrogen-bond acceptors (Lipinski definition) is 4. The van der Waals surface area contributed by atoms with E-state index in [-0.39, 0.29) is 11.9 Å². The molecule has 0 spiro atoms. The van der Waals surface area contributed by atoms with Crippen LogP contribution in [-0.2, 0) is 9.59 Å². The Morgan fingerprint density at radius 2 is 1.95 bits per heavy atom. The molecule has 0 radical (unpaired) electrons. The van der Waals surface area contributed by atoms with Crippen LogP contribution in [0, 0.1) is 5.41 Å². The Kier molecular flexibility index (Phi) is 6.42. The summed E-state index contributed by atoms with van der Waals surface area (Å²) in [6, 6.07) is -0.655. The number of nitrogens with one attached hydrogen (secondary N) is 1. The van der Waals surface area contributed by atoms with Gasteiger partial charge in [0.15, 0.2) is 0 Å². The number of carbonyl (C=O) groups is 2. The van der Waals surface area contributed by atoms with Gasteiger partial charge in [-0.25, -0.2) is 4.79 Å². The van der Waals surface area contributed by atoms with Gasteiger partial charge in [-0.3, -0.25) is 4.79 Å². The van der Waals surface area contributed by atoms with Crippen LogP contribution in [0.25, 0.3) is 0 Å². The number of aliphatic carboxylic acids is 1. The molecule has 1 fully saturated rings. The summed E-state index contributed by atoms with van der Waals surface area (Å²) in [5.41, 5.74) is 10.8. The minimum atomic E-state index is -0.980. The molecule has 6 heteroatoms. The minimum Gasteiger partial charge on any atom is -0.480 e. The Balaban J connectivity index is 2.54. The summed E-state index contributed by atoms with van der Waals surface area (Å²) in [5, 5.41) is 11.9. The third kappa shape index (κ3) is 4.76. The van der Waals surface area contributed by atoms with Gasteiger partial charge in [-0.05, 0) is 51.5 Å². The summed E-state index contributed by atoms with van der Waals surface area (Å²) in [6.45, 7) is 2.43. The maximum Gasteiger partial charge on any atom is 0.326 e. The van der Waals surface area contributed by atoms with Gasteiger partial charge in [-0.15, -0.1) is 0 Å². The first-order chi connectivity index (χ1) is 9.39. The Hall–Kier alpha value is -1.14. The summed E-state index contributed by atoms with van der Waals surface area (Å²) < 4.78 is 0. The molecule has 116 valence electrons.